The van der Waals surface area contributed by atoms with E-state index in [2.05, 4.69) is 38.7 Å². The number of pyridine rings is 1. The number of aliphatic imine (C=N–C) groups is 1. The maximum absolute atomic E-state index is 13.6. The molecule has 1 unspecified atom stereocenters. The number of carbonyl (C=O) groups is 1. The number of carbonyl (C=O) groups excluding carboxylic acids is 1. The van der Waals surface area contributed by atoms with E-state index in [-0.39, 0.29) is 17.6 Å². The van der Waals surface area contributed by atoms with Crippen molar-refractivity contribution in [3.05, 3.63) is 65.7 Å². The van der Waals surface area contributed by atoms with Crippen molar-refractivity contribution in [2.24, 2.45) is 10.9 Å². The first-order valence-electron chi connectivity index (χ1n) is 11.5. The molecule has 1 aliphatic rings. The Bertz CT molecular complexity index is 1230. The smallest absolute Gasteiger partial charge is 0.226 e. The van der Waals surface area contributed by atoms with E-state index in [1.807, 2.05) is 19.2 Å². The van der Waals surface area contributed by atoms with Crippen LogP contribution < -0.4 is 5.32 Å². The Labute approximate surface area is 199 Å². The summed E-state index contributed by atoms with van der Waals surface area (Å²) in [4.78, 5) is 25.4. The van der Waals surface area contributed by atoms with Crippen LogP contribution in [0.2, 0.25) is 0 Å². The first-order valence-corrected chi connectivity index (χ1v) is 11.5. The number of hydrogen-bond donors (Lipinski definition) is 1. The van der Waals surface area contributed by atoms with Gasteiger partial charge >= 0.3 is 0 Å². The summed E-state index contributed by atoms with van der Waals surface area (Å²) >= 11 is 0. The van der Waals surface area contributed by atoms with Gasteiger partial charge in [0, 0.05) is 44.9 Å². The molecular weight excluding hydrogens is 431 g/mol. The molecule has 3 heterocycles. The fourth-order valence-electron chi connectivity index (χ4n) is 4.26. The van der Waals surface area contributed by atoms with Crippen LogP contribution in [0.3, 0.4) is 0 Å². The van der Waals surface area contributed by atoms with E-state index >= 15 is 0 Å². The van der Waals surface area contributed by atoms with Crippen LogP contribution in [0.25, 0.3) is 22.6 Å². The van der Waals surface area contributed by atoms with Gasteiger partial charge in [-0.25, -0.2) is 9.37 Å². The number of halogens is 1. The minimum absolute atomic E-state index is 0.0761. The van der Waals surface area contributed by atoms with Crippen LogP contribution in [0.4, 0.5) is 4.39 Å². The second-order valence-corrected chi connectivity index (χ2v) is 8.80. The zero-order valence-corrected chi connectivity index (χ0v) is 20.1. The van der Waals surface area contributed by atoms with Crippen LogP contribution >= 0.6 is 0 Å². The number of hydrogen-bond acceptors (Lipinski definition) is 5. The number of nitrogens with one attached hydrogen (secondary N) is 1. The standard InChI is InChI=1S/C26H31FN6O/c1-5-32(15-18(2)26(34)31(3)4)16-19-11-13-33-23(14-19)30-24(20-6-8-21(27)9-7-20)25(33)22-10-12-28-17-29-22/h6-11,13-14,17-18H,5,12,15-16H2,1-4H3,(H,28,29). The summed E-state index contributed by atoms with van der Waals surface area (Å²) < 4.78 is 15.6. The molecule has 0 bridgehead atoms. The van der Waals surface area contributed by atoms with Gasteiger partial charge in [0.1, 0.15) is 11.5 Å². The van der Waals surface area contributed by atoms with E-state index < -0.39 is 0 Å². The van der Waals surface area contributed by atoms with Crippen LogP contribution in [-0.2, 0) is 11.3 Å². The number of fused-ring (bicyclic) bond motifs is 1. The SMILES string of the molecule is CCN(Cc1ccn2c(C3=CCN=CN3)c(-c3ccc(F)cc3)nc2c1)CC(C)C(=O)N(C)C. The van der Waals surface area contributed by atoms with E-state index in [0.717, 1.165) is 46.9 Å². The summed E-state index contributed by atoms with van der Waals surface area (Å²) in [5.41, 5.74) is 5.39. The Morgan fingerprint density at radius 1 is 1.24 bits per heavy atom. The molecule has 0 aliphatic carbocycles. The summed E-state index contributed by atoms with van der Waals surface area (Å²) in [6.45, 7) is 6.92. The van der Waals surface area contributed by atoms with Crippen molar-refractivity contribution < 1.29 is 9.18 Å². The summed E-state index contributed by atoms with van der Waals surface area (Å²) in [5.74, 6) is -0.222. The van der Waals surface area contributed by atoms with Crippen LogP contribution in [0.15, 0.2) is 53.7 Å². The van der Waals surface area contributed by atoms with Gasteiger partial charge in [0.15, 0.2) is 0 Å². The maximum atomic E-state index is 13.6. The average Bonchev–Trinajstić information content (AvgIpc) is 3.22. The van der Waals surface area contributed by atoms with Crippen molar-refractivity contribution in [3.8, 4) is 11.3 Å². The van der Waals surface area contributed by atoms with Crippen molar-refractivity contribution in [1.82, 2.24) is 24.5 Å². The van der Waals surface area contributed by atoms with Crippen LogP contribution in [-0.4, -0.2) is 65.2 Å². The number of benzene rings is 1. The molecule has 0 fully saturated rings. The minimum Gasteiger partial charge on any atom is -0.349 e. The van der Waals surface area contributed by atoms with E-state index in [4.69, 9.17) is 4.98 Å². The lowest BCUT2D eigenvalue weighted by Crippen LogP contribution is -2.36. The lowest BCUT2D eigenvalue weighted by atomic mass is 10.1. The molecule has 0 radical (unpaired) electrons. The molecule has 178 valence electrons. The molecule has 0 spiro atoms. The molecule has 0 saturated heterocycles. The van der Waals surface area contributed by atoms with Gasteiger partial charge in [-0.3, -0.25) is 19.1 Å². The Morgan fingerprint density at radius 3 is 2.65 bits per heavy atom. The Morgan fingerprint density at radius 2 is 2.00 bits per heavy atom. The Balaban J connectivity index is 1.67. The number of aromatic nitrogens is 2. The summed E-state index contributed by atoms with van der Waals surface area (Å²) in [5, 5.41) is 3.22. The molecule has 2 aromatic heterocycles. The van der Waals surface area contributed by atoms with Gasteiger partial charge in [-0.15, -0.1) is 0 Å². The summed E-state index contributed by atoms with van der Waals surface area (Å²) in [6, 6.07) is 10.6. The molecule has 8 heteroatoms. The number of amides is 1. The molecule has 7 nitrogen and oxygen atoms in total. The lowest BCUT2D eigenvalue weighted by Gasteiger charge is -2.25. The van der Waals surface area contributed by atoms with Gasteiger partial charge in [-0.2, -0.15) is 0 Å². The van der Waals surface area contributed by atoms with Crippen molar-refractivity contribution in [2.75, 3.05) is 33.7 Å². The number of imidazole rings is 1. The van der Waals surface area contributed by atoms with Crippen molar-refractivity contribution >= 4 is 23.6 Å². The second kappa shape index (κ2) is 10.2. The van der Waals surface area contributed by atoms with E-state index in [1.54, 1.807) is 37.5 Å². The van der Waals surface area contributed by atoms with E-state index in [0.29, 0.717) is 13.1 Å². The molecular formula is C26H31FN6O. The molecule has 34 heavy (non-hydrogen) atoms. The van der Waals surface area contributed by atoms with Crippen LogP contribution in [0, 0.1) is 11.7 Å². The molecule has 4 rings (SSSR count). The highest BCUT2D eigenvalue weighted by atomic mass is 19.1. The summed E-state index contributed by atoms with van der Waals surface area (Å²) in [6.07, 6.45) is 5.73. The zero-order valence-electron chi connectivity index (χ0n) is 20.1. The fourth-order valence-corrected chi connectivity index (χ4v) is 4.26. The quantitative estimate of drug-likeness (QED) is 0.555. The molecule has 1 aliphatic heterocycles. The molecule has 1 N–H and O–H groups in total. The van der Waals surface area contributed by atoms with Gasteiger partial charge in [-0.05, 0) is 54.6 Å². The fraction of sp³-hybridized carbons (Fsp3) is 0.346. The van der Waals surface area contributed by atoms with Gasteiger partial charge in [0.05, 0.1) is 30.0 Å². The highest BCUT2D eigenvalue weighted by Crippen LogP contribution is 2.30. The van der Waals surface area contributed by atoms with E-state index in [1.165, 1.54) is 12.1 Å². The monoisotopic (exact) mass is 462 g/mol. The third-order valence-electron chi connectivity index (χ3n) is 6.02. The molecule has 3 aromatic rings. The van der Waals surface area contributed by atoms with E-state index in [9.17, 15) is 9.18 Å². The van der Waals surface area contributed by atoms with Gasteiger partial charge in [-0.1, -0.05) is 13.8 Å². The maximum Gasteiger partial charge on any atom is 0.226 e. The van der Waals surface area contributed by atoms with Crippen LogP contribution in [0.1, 0.15) is 25.1 Å². The predicted octanol–water partition coefficient (Wildman–Crippen LogP) is 3.66. The largest absolute Gasteiger partial charge is 0.349 e. The predicted molar refractivity (Wildman–Crippen MR) is 134 cm³/mol. The molecule has 1 aromatic carbocycles. The highest BCUT2D eigenvalue weighted by Gasteiger charge is 2.21. The first kappa shape index (κ1) is 23.6. The second-order valence-electron chi connectivity index (χ2n) is 8.80. The van der Waals surface area contributed by atoms with Gasteiger partial charge in [0.2, 0.25) is 5.91 Å². The van der Waals surface area contributed by atoms with Crippen molar-refractivity contribution in [3.63, 3.8) is 0 Å². The first-order chi connectivity index (χ1) is 16.4. The lowest BCUT2D eigenvalue weighted by molar-refractivity contribution is -0.133. The van der Waals surface area contributed by atoms with Gasteiger partial charge < -0.3 is 10.2 Å². The molecule has 1 atom stereocenters. The Hall–Kier alpha value is -3.52. The summed E-state index contributed by atoms with van der Waals surface area (Å²) in [7, 11) is 3.58. The third kappa shape index (κ3) is 5.02. The highest BCUT2D eigenvalue weighted by molar-refractivity contribution is 5.85. The normalized spacial score (nSPS) is 14.2. The Kier molecular flexibility index (Phi) is 7.07. The van der Waals surface area contributed by atoms with Crippen LogP contribution in [0.5, 0.6) is 0 Å². The average molecular weight is 463 g/mol. The molecule has 1 amide bonds. The number of nitrogens with zero attached hydrogens (tertiary/aromatic N) is 5. The number of rotatable bonds is 8. The van der Waals surface area contributed by atoms with Gasteiger partial charge in [0.25, 0.3) is 0 Å². The topological polar surface area (TPSA) is 65.2 Å². The third-order valence-corrected chi connectivity index (χ3v) is 6.02. The van der Waals surface area contributed by atoms with Crippen molar-refractivity contribution in [2.45, 2.75) is 20.4 Å². The molecule has 0 saturated carbocycles. The van der Waals surface area contributed by atoms with Crippen molar-refractivity contribution in [1.29, 1.82) is 0 Å². The minimum atomic E-state index is -0.278. The zero-order chi connectivity index (χ0) is 24.2.